The molecule has 3 nitrogen and oxygen atoms in total. The van der Waals surface area contributed by atoms with E-state index in [0.29, 0.717) is 0 Å². The molecule has 1 aliphatic rings. The molecule has 110 valence electrons. The zero-order valence-electron chi connectivity index (χ0n) is 11.6. The molecule has 0 radical (unpaired) electrons. The number of piperidine rings is 1. The third-order valence-corrected chi connectivity index (χ3v) is 4.98. The summed E-state index contributed by atoms with van der Waals surface area (Å²) in [6.07, 6.45) is 5.58. The molecule has 0 N–H and O–H groups in total. The Kier molecular flexibility index (Phi) is 4.72. The van der Waals surface area contributed by atoms with Gasteiger partial charge in [-0.15, -0.1) is 22.7 Å². The van der Waals surface area contributed by atoms with Crippen LogP contribution in [0.15, 0.2) is 40.4 Å². The van der Waals surface area contributed by atoms with E-state index in [9.17, 15) is 4.79 Å². The fourth-order valence-corrected chi connectivity index (χ4v) is 3.53. The highest BCUT2D eigenvalue weighted by atomic mass is 32.1. The van der Waals surface area contributed by atoms with Crippen LogP contribution >= 0.6 is 22.7 Å². The van der Waals surface area contributed by atoms with E-state index in [-0.39, 0.29) is 12.0 Å². The average molecular weight is 319 g/mol. The van der Waals surface area contributed by atoms with Crippen molar-refractivity contribution in [3.63, 3.8) is 0 Å². The summed E-state index contributed by atoms with van der Waals surface area (Å²) in [7, 11) is 0. The van der Waals surface area contributed by atoms with Gasteiger partial charge in [0, 0.05) is 42.3 Å². The van der Waals surface area contributed by atoms with Gasteiger partial charge in [0.05, 0.1) is 0 Å². The van der Waals surface area contributed by atoms with Crippen molar-refractivity contribution in [2.24, 2.45) is 0 Å². The van der Waals surface area contributed by atoms with Crippen molar-refractivity contribution in [2.45, 2.75) is 18.9 Å². The second-order valence-corrected chi connectivity index (χ2v) is 6.71. The van der Waals surface area contributed by atoms with E-state index in [1.165, 1.54) is 0 Å². The number of likely N-dealkylation sites (tertiary alicyclic amines) is 1. The molecule has 1 fully saturated rings. The van der Waals surface area contributed by atoms with Gasteiger partial charge < -0.3 is 9.64 Å². The van der Waals surface area contributed by atoms with E-state index < -0.39 is 0 Å². The van der Waals surface area contributed by atoms with Crippen molar-refractivity contribution in [1.29, 1.82) is 0 Å². The van der Waals surface area contributed by atoms with Gasteiger partial charge >= 0.3 is 0 Å². The molecule has 0 saturated carbocycles. The van der Waals surface area contributed by atoms with Gasteiger partial charge in [0.2, 0.25) is 5.91 Å². The number of amides is 1. The molecule has 5 heteroatoms. The van der Waals surface area contributed by atoms with Crippen LogP contribution in [0.4, 0.5) is 0 Å². The number of carbonyl (C=O) groups excluding carboxylic acids is 1. The Morgan fingerprint density at radius 1 is 1.29 bits per heavy atom. The van der Waals surface area contributed by atoms with Crippen molar-refractivity contribution >= 4 is 34.7 Å². The van der Waals surface area contributed by atoms with Crippen LogP contribution in [-0.4, -0.2) is 30.0 Å². The van der Waals surface area contributed by atoms with Crippen molar-refractivity contribution in [2.75, 3.05) is 13.1 Å². The summed E-state index contributed by atoms with van der Waals surface area (Å²) in [4.78, 5) is 15.1. The molecule has 0 unspecified atom stereocenters. The lowest BCUT2D eigenvalue weighted by Crippen LogP contribution is -2.41. The highest BCUT2D eigenvalue weighted by Crippen LogP contribution is 2.21. The summed E-state index contributed by atoms with van der Waals surface area (Å²) in [6, 6.07) is 5.99. The van der Waals surface area contributed by atoms with E-state index in [4.69, 9.17) is 4.74 Å². The lowest BCUT2D eigenvalue weighted by Gasteiger charge is -2.31. The Bertz CT molecular complexity index is 582. The smallest absolute Gasteiger partial charge is 0.246 e. The molecule has 3 heterocycles. The maximum absolute atomic E-state index is 12.1. The third-order valence-electron chi connectivity index (χ3n) is 3.48. The number of hydrogen-bond acceptors (Lipinski definition) is 4. The monoisotopic (exact) mass is 319 g/mol. The van der Waals surface area contributed by atoms with Gasteiger partial charge in [-0.25, -0.2) is 0 Å². The predicted octanol–water partition coefficient (Wildman–Crippen LogP) is 3.89. The van der Waals surface area contributed by atoms with Crippen LogP contribution in [0.3, 0.4) is 0 Å². The van der Waals surface area contributed by atoms with E-state index in [1.54, 1.807) is 28.7 Å². The lowest BCUT2D eigenvalue weighted by molar-refractivity contribution is -0.127. The summed E-state index contributed by atoms with van der Waals surface area (Å²) >= 11 is 3.28. The summed E-state index contributed by atoms with van der Waals surface area (Å²) in [5.41, 5.74) is 0. The van der Waals surface area contributed by atoms with Crippen molar-refractivity contribution in [3.05, 3.63) is 45.3 Å². The molecule has 0 atom stereocenters. The first-order chi connectivity index (χ1) is 10.3. The summed E-state index contributed by atoms with van der Waals surface area (Å²) < 4.78 is 5.90. The minimum Gasteiger partial charge on any atom is -0.489 e. The number of hydrogen-bond donors (Lipinski definition) is 0. The Labute approximate surface area is 132 Å². The molecule has 2 aromatic rings. The first kappa shape index (κ1) is 14.4. The van der Waals surface area contributed by atoms with E-state index in [2.05, 4.69) is 0 Å². The Balaban J connectivity index is 1.47. The van der Waals surface area contributed by atoms with Crippen LogP contribution in [0.25, 0.3) is 6.08 Å². The van der Waals surface area contributed by atoms with Crippen molar-refractivity contribution in [1.82, 2.24) is 4.90 Å². The van der Waals surface area contributed by atoms with Gasteiger partial charge in [0.25, 0.3) is 0 Å². The maximum Gasteiger partial charge on any atom is 0.246 e. The zero-order chi connectivity index (χ0) is 14.5. The molecule has 0 aromatic carbocycles. The molecular weight excluding hydrogens is 302 g/mol. The van der Waals surface area contributed by atoms with Crippen LogP contribution in [0.5, 0.6) is 5.75 Å². The molecule has 0 bridgehead atoms. The SMILES string of the molecule is O=C(/C=C/c1cccs1)N1CCC(Oc2ccsc2)CC1. The molecule has 2 aromatic heterocycles. The molecule has 1 amide bonds. The third kappa shape index (κ3) is 3.95. The highest BCUT2D eigenvalue weighted by molar-refractivity contribution is 7.10. The molecular formula is C16H17NO2S2. The molecule has 21 heavy (non-hydrogen) atoms. The molecule has 1 saturated heterocycles. The molecule has 0 spiro atoms. The summed E-state index contributed by atoms with van der Waals surface area (Å²) in [5, 5.41) is 6.04. The summed E-state index contributed by atoms with van der Waals surface area (Å²) in [5.74, 6) is 1.04. The number of rotatable bonds is 4. The van der Waals surface area contributed by atoms with Crippen molar-refractivity contribution in [3.8, 4) is 5.75 Å². The largest absolute Gasteiger partial charge is 0.489 e. The van der Waals surface area contributed by atoms with Gasteiger partial charge in [-0.1, -0.05) is 6.07 Å². The average Bonchev–Trinajstić information content (AvgIpc) is 3.19. The van der Waals surface area contributed by atoms with Crippen LogP contribution in [-0.2, 0) is 4.79 Å². The molecule has 3 rings (SSSR count). The molecule has 0 aliphatic carbocycles. The van der Waals surface area contributed by atoms with Gasteiger partial charge in [0.15, 0.2) is 0 Å². The minimum absolute atomic E-state index is 0.0948. The molecule has 1 aliphatic heterocycles. The first-order valence-corrected chi connectivity index (χ1v) is 8.83. The van der Waals surface area contributed by atoms with E-state index in [1.807, 2.05) is 45.3 Å². The number of thiophene rings is 2. The highest BCUT2D eigenvalue weighted by Gasteiger charge is 2.22. The van der Waals surface area contributed by atoms with Gasteiger partial charge in [-0.3, -0.25) is 4.79 Å². The van der Waals surface area contributed by atoms with Crippen LogP contribution in [0.1, 0.15) is 17.7 Å². The van der Waals surface area contributed by atoms with Crippen molar-refractivity contribution < 1.29 is 9.53 Å². The quantitative estimate of drug-likeness (QED) is 0.800. The van der Waals surface area contributed by atoms with Crippen LogP contribution < -0.4 is 4.74 Å². The lowest BCUT2D eigenvalue weighted by atomic mass is 10.1. The number of carbonyl (C=O) groups is 1. The fourth-order valence-electron chi connectivity index (χ4n) is 2.35. The second kappa shape index (κ2) is 6.91. The normalized spacial score (nSPS) is 16.5. The standard InChI is InChI=1S/C16H17NO2S2/c18-16(4-3-15-2-1-10-21-15)17-8-5-13(6-9-17)19-14-7-11-20-12-14/h1-4,7,10-13H,5-6,8-9H2/b4-3+. The summed E-state index contributed by atoms with van der Waals surface area (Å²) in [6.45, 7) is 1.53. The van der Waals surface area contributed by atoms with Gasteiger partial charge in [-0.2, -0.15) is 0 Å². The number of ether oxygens (including phenoxy) is 1. The van der Waals surface area contributed by atoms with E-state index >= 15 is 0 Å². The van der Waals surface area contributed by atoms with E-state index in [0.717, 1.165) is 36.6 Å². The Morgan fingerprint density at radius 3 is 2.81 bits per heavy atom. The predicted molar refractivity (Wildman–Crippen MR) is 87.9 cm³/mol. The minimum atomic E-state index is 0.0948. The first-order valence-electron chi connectivity index (χ1n) is 7.00. The van der Waals surface area contributed by atoms with Gasteiger partial charge in [-0.05, 0) is 29.0 Å². The second-order valence-electron chi connectivity index (χ2n) is 4.95. The Morgan fingerprint density at radius 2 is 2.14 bits per heavy atom. The number of nitrogens with zero attached hydrogens (tertiary/aromatic N) is 1. The topological polar surface area (TPSA) is 29.5 Å². The zero-order valence-corrected chi connectivity index (χ0v) is 13.2. The van der Waals surface area contributed by atoms with Crippen LogP contribution in [0, 0.1) is 0 Å². The maximum atomic E-state index is 12.1. The van der Waals surface area contributed by atoms with Crippen LogP contribution in [0.2, 0.25) is 0 Å². The Hall–Kier alpha value is -1.59. The fraction of sp³-hybridized carbons (Fsp3) is 0.312. The van der Waals surface area contributed by atoms with Gasteiger partial charge in [0.1, 0.15) is 11.9 Å².